The molecule has 18 heavy (non-hydrogen) atoms. The number of nitrogens with two attached hydrogens (primary N) is 1. The van der Waals surface area contributed by atoms with Crippen molar-refractivity contribution in [3.63, 3.8) is 0 Å². The van der Waals surface area contributed by atoms with Gasteiger partial charge in [0.25, 0.3) is 0 Å². The van der Waals surface area contributed by atoms with E-state index in [4.69, 9.17) is 11.1 Å². The summed E-state index contributed by atoms with van der Waals surface area (Å²) < 4.78 is 1.01. The zero-order chi connectivity index (χ0) is 13.3. The van der Waals surface area contributed by atoms with Crippen LogP contribution in [-0.2, 0) is 0 Å². The van der Waals surface area contributed by atoms with Gasteiger partial charge in [0, 0.05) is 29.2 Å². The number of nitrogens with one attached hydrogen (secondary N) is 1. The summed E-state index contributed by atoms with van der Waals surface area (Å²) in [6.07, 6.45) is 1.19. The van der Waals surface area contributed by atoms with Crippen molar-refractivity contribution in [2.75, 3.05) is 32.1 Å². The largest absolute Gasteiger partial charge is 0.384 e. The average Bonchev–Trinajstić information content (AvgIpc) is 2.78. The molecule has 1 aromatic carbocycles. The smallest absolute Gasteiger partial charge is 0.122 e. The van der Waals surface area contributed by atoms with Crippen LogP contribution in [0.2, 0.25) is 0 Å². The maximum Gasteiger partial charge on any atom is 0.122 e. The van der Waals surface area contributed by atoms with Crippen LogP contribution in [0.1, 0.15) is 12.0 Å². The van der Waals surface area contributed by atoms with Gasteiger partial charge in [0.1, 0.15) is 5.84 Å². The van der Waals surface area contributed by atoms with E-state index in [1.54, 1.807) is 0 Å². The van der Waals surface area contributed by atoms with Gasteiger partial charge in [-0.15, -0.1) is 0 Å². The topological polar surface area (TPSA) is 56.4 Å². The number of nitrogens with zero attached hydrogens (tertiary/aromatic N) is 2. The number of anilines is 1. The first-order valence-corrected chi connectivity index (χ1v) is 6.83. The molecule has 1 atom stereocenters. The first kappa shape index (κ1) is 13.4. The number of nitrogen functional groups attached to an aromatic ring is 1. The molecule has 1 aliphatic rings. The summed E-state index contributed by atoms with van der Waals surface area (Å²) in [7, 11) is 4.25. The van der Waals surface area contributed by atoms with Gasteiger partial charge in [0.2, 0.25) is 0 Å². The van der Waals surface area contributed by atoms with E-state index in [-0.39, 0.29) is 5.84 Å². The number of hydrogen-bond acceptors (Lipinski definition) is 3. The fraction of sp³-hybridized carbons (Fsp3) is 0.462. The summed E-state index contributed by atoms with van der Waals surface area (Å²) in [5.41, 5.74) is 7.43. The second-order valence-corrected chi connectivity index (χ2v) is 5.79. The van der Waals surface area contributed by atoms with Crippen LogP contribution in [0.3, 0.4) is 0 Å². The molecule has 1 fully saturated rings. The van der Waals surface area contributed by atoms with Gasteiger partial charge in [-0.25, -0.2) is 0 Å². The van der Waals surface area contributed by atoms with E-state index < -0.39 is 0 Å². The summed E-state index contributed by atoms with van der Waals surface area (Å²) in [5.74, 6) is 0.106. The van der Waals surface area contributed by atoms with E-state index in [1.165, 1.54) is 12.1 Å². The van der Waals surface area contributed by atoms with Gasteiger partial charge in [-0.2, -0.15) is 0 Å². The third kappa shape index (κ3) is 2.67. The zero-order valence-electron chi connectivity index (χ0n) is 10.8. The van der Waals surface area contributed by atoms with Crippen molar-refractivity contribution in [3.05, 3.63) is 28.2 Å². The number of hydrogen-bond donors (Lipinski definition) is 2. The highest BCUT2D eigenvalue weighted by Gasteiger charge is 2.25. The molecule has 1 unspecified atom stereocenters. The molecule has 4 nitrogen and oxygen atoms in total. The Hall–Kier alpha value is -1.07. The molecule has 98 valence electrons. The van der Waals surface area contributed by atoms with Gasteiger partial charge >= 0.3 is 0 Å². The van der Waals surface area contributed by atoms with Gasteiger partial charge in [0.05, 0.1) is 5.69 Å². The minimum atomic E-state index is 0.106. The van der Waals surface area contributed by atoms with Crippen molar-refractivity contribution in [2.45, 2.75) is 12.5 Å². The Balaban J connectivity index is 2.18. The lowest BCUT2D eigenvalue weighted by molar-refractivity contribution is 0.315. The maximum atomic E-state index is 7.44. The zero-order valence-corrected chi connectivity index (χ0v) is 12.4. The number of rotatable bonds is 3. The van der Waals surface area contributed by atoms with Crippen molar-refractivity contribution in [1.29, 1.82) is 5.41 Å². The Kier molecular flexibility index (Phi) is 3.92. The van der Waals surface area contributed by atoms with E-state index >= 15 is 0 Å². The summed E-state index contributed by atoms with van der Waals surface area (Å²) in [6, 6.07) is 6.48. The first-order chi connectivity index (χ1) is 8.49. The van der Waals surface area contributed by atoms with Crippen LogP contribution in [0.5, 0.6) is 0 Å². The van der Waals surface area contributed by atoms with Crippen molar-refractivity contribution >= 4 is 27.5 Å². The van der Waals surface area contributed by atoms with E-state index in [0.29, 0.717) is 6.04 Å². The highest BCUT2D eigenvalue weighted by atomic mass is 79.9. The molecular formula is C13H19BrN4. The summed E-state index contributed by atoms with van der Waals surface area (Å²) in [6.45, 7) is 2.12. The highest BCUT2D eigenvalue weighted by molar-refractivity contribution is 9.10. The first-order valence-electron chi connectivity index (χ1n) is 6.04. The van der Waals surface area contributed by atoms with Gasteiger partial charge in [-0.1, -0.05) is 0 Å². The molecule has 5 heteroatoms. The van der Waals surface area contributed by atoms with Gasteiger partial charge in [0.15, 0.2) is 0 Å². The van der Waals surface area contributed by atoms with Crippen LogP contribution in [0, 0.1) is 5.41 Å². The molecule has 2 rings (SSSR count). The second kappa shape index (κ2) is 5.28. The molecule has 1 saturated heterocycles. The van der Waals surface area contributed by atoms with Crippen LogP contribution in [0.4, 0.5) is 5.69 Å². The molecule has 0 aromatic heterocycles. The Morgan fingerprint density at radius 1 is 1.50 bits per heavy atom. The van der Waals surface area contributed by atoms with Crippen LogP contribution in [-0.4, -0.2) is 44.0 Å². The van der Waals surface area contributed by atoms with Gasteiger partial charge < -0.3 is 15.5 Å². The average molecular weight is 311 g/mol. The molecule has 0 bridgehead atoms. The standard InChI is InChI=1S/C13H19BrN4/c1-17(2)10-5-6-18(8-10)12-4-3-9(13(15)16)7-11(12)14/h3-4,7,10H,5-6,8H2,1-2H3,(H3,15,16). The van der Waals surface area contributed by atoms with E-state index in [0.717, 1.165) is 23.1 Å². The molecule has 0 spiro atoms. The number of halogens is 1. The molecule has 1 heterocycles. The third-order valence-electron chi connectivity index (χ3n) is 3.49. The minimum absolute atomic E-state index is 0.106. The molecule has 1 aromatic rings. The van der Waals surface area contributed by atoms with Crippen LogP contribution in [0.25, 0.3) is 0 Å². The SMILES string of the molecule is CN(C)C1CCN(c2ccc(C(=N)N)cc2Br)C1. The van der Waals surface area contributed by atoms with E-state index in [2.05, 4.69) is 39.8 Å². The number of amidine groups is 1. The fourth-order valence-electron chi connectivity index (χ4n) is 2.31. The van der Waals surface area contributed by atoms with Gasteiger partial charge in [-0.3, -0.25) is 5.41 Å². The quantitative estimate of drug-likeness (QED) is 0.662. The lowest BCUT2D eigenvalue weighted by atomic mass is 10.2. The summed E-state index contributed by atoms with van der Waals surface area (Å²) in [5, 5.41) is 7.44. The minimum Gasteiger partial charge on any atom is -0.384 e. The normalized spacial score (nSPS) is 19.6. The van der Waals surface area contributed by atoms with Crippen molar-refractivity contribution < 1.29 is 0 Å². The maximum absolute atomic E-state index is 7.44. The summed E-state index contributed by atoms with van der Waals surface area (Å²) in [4.78, 5) is 4.65. The van der Waals surface area contributed by atoms with Crippen LogP contribution in [0.15, 0.2) is 22.7 Å². The lowest BCUT2D eigenvalue weighted by Gasteiger charge is -2.23. The molecular weight excluding hydrogens is 292 g/mol. The predicted molar refractivity (Wildman–Crippen MR) is 79.5 cm³/mol. The highest BCUT2D eigenvalue weighted by Crippen LogP contribution is 2.30. The Morgan fingerprint density at radius 3 is 2.72 bits per heavy atom. The Morgan fingerprint density at radius 2 is 2.22 bits per heavy atom. The van der Waals surface area contributed by atoms with Crippen molar-refractivity contribution in [2.24, 2.45) is 5.73 Å². The van der Waals surface area contributed by atoms with Crippen LogP contribution >= 0.6 is 15.9 Å². The molecule has 0 aliphatic carbocycles. The fourth-order valence-corrected chi connectivity index (χ4v) is 2.94. The molecule has 0 saturated carbocycles. The third-order valence-corrected chi connectivity index (χ3v) is 4.13. The van der Waals surface area contributed by atoms with Gasteiger partial charge in [-0.05, 0) is 54.6 Å². The predicted octanol–water partition coefficient (Wildman–Crippen LogP) is 1.87. The Bertz CT molecular complexity index is 458. The van der Waals surface area contributed by atoms with Crippen LogP contribution < -0.4 is 10.6 Å². The monoisotopic (exact) mass is 310 g/mol. The number of benzene rings is 1. The molecule has 1 aliphatic heterocycles. The van der Waals surface area contributed by atoms with E-state index in [9.17, 15) is 0 Å². The molecule has 0 radical (unpaired) electrons. The molecule has 3 N–H and O–H groups in total. The van der Waals surface area contributed by atoms with Crippen molar-refractivity contribution in [3.8, 4) is 0 Å². The molecule has 0 amide bonds. The second-order valence-electron chi connectivity index (χ2n) is 4.93. The lowest BCUT2D eigenvalue weighted by Crippen LogP contribution is -2.31. The van der Waals surface area contributed by atoms with Crippen molar-refractivity contribution in [1.82, 2.24) is 4.90 Å². The summed E-state index contributed by atoms with van der Waals surface area (Å²) >= 11 is 3.57. The Labute approximate surface area is 116 Å². The number of likely N-dealkylation sites (N-methyl/N-ethyl adjacent to an activating group) is 1. The van der Waals surface area contributed by atoms with E-state index in [1.807, 2.05) is 18.2 Å².